The van der Waals surface area contributed by atoms with E-state index in [1.54, 1.807) is 0 Å². The highest BCUT2D eigenvalue weighted by Gasteiger charge is 2.21. The molecular weight excluding hydrogens is 244 g/mol. The summed E-state index contributed by atoms with van der Waals surface area (Å²) in [6, 6.07) is -0.519. The van der Waals surface area contributed by atoms with E-state index in [1.165, 1.54) is 0 Å². The minimum atomic E-state index is -0.828. The van der Waals surface area contributed by atoms with Gasteiger partial charge < -0.3 is 16.2 Å². The molecule has 0 aliphatic rings. The first kappa shape index (κ1) is 17.9. The Kier molecular flexibility index (Phi) is 8.39. The van der Waals surface area contributed by atoms with Crippen molar-refractivity contribution < 1.29 is 14.7 Å². The number of hydrogen-bond donors (Lipinski definition) is 3. The van der Waals surface area contributed by atoms with Crippen molar-refractivity contribution in [2.45, 2.75) is 53.0 Å². The molecule has 0 radical (unpaired) electrons. The van der Waals surface area contributed by atoms with Crippen LogP contribution < -0.4 is 11.1 Å². The smallest absolute Gasteiger partial charge is 0.303 e. The summed E-state index contributed by atoms with van der Waals surface area (Å²) in [4.78, 5) is 22.6. The lowest BCUT2D eigenvalue weighted by atomic mass is 9.93. The molecule has 0 heterocycles. The fourth-order valence-electron chi connectivity index (χ4n) is 2.03. The number of carbonyl (C=O) groups is 2. The number of carboxylic acid groups (broad SMARTS) is 1. The van der Waals surface area contributed by atoms with Crippen LogP contribution in [-0.4, -0.2) is 29.6 Å². The molecule has 0 rings (SSSR count). The minimum absolute atomic E-state index is 0.0365. The summed E-state index contributed by atoms with van der Waals surface area (Å²) in [5.41, 5.74) is 5.83. The molecule has 0 aromatic heterocycles. The second-order valence-corrected chi connectivity index (χ2v) is 5.75. The molecule has 0 fully saturated rings. The van der Waals surface area contributed by atoms with E-state index in [2.05, 4.69) is 5.32 Å². The monoisotopic (exact) mass is 272 g/mol. The normalized spacial score (nSPS) is 15.9. The fourth-order valence-corrected chi connectivity index (χ4v) is 2.03. The molecule has 19 heavy (non-hydrogen) atoms. The zero-order valence-corrected chi connectivity index (χ0v) is 12.5. The number of carboxylic acids is 1. The predicted molar refractivity (Wildman–Crippen MR) is 75.6 cm³/mol. The Labute approximate surface area is 115 Å². The van der Waals surface area contributed by atoms with Crippen molar-refractivity contribution in [2.75, 3.05) is 6.54 Å². The molecule has 0 aromatic carbocycles. The lowest BCUT2D eigenvalue weighted by Gasteiger charge is -2.21. The molecule has 0 unspecified atom stereocenters. The van der Waals surface area contributed by atoms with Crippen molar-refractivity contribution in [1.29, 1.82) is 0 Å². The highest BCUT2D eigenvalue weighted by molar-refractivity contribution is 5.81. The van der Waals surface area contributed by atoms with Gasteiger partial charge in [-0.15, -0.1) is 0 Å². The third-order valence-corrected chi connectivity index (χ3v) is 3.39. The van der Waals surface area contributed by atoms with Crippen LogP contribution in [-0.2, 0) is 9.59 Å². The average molecular weight is 272 g/mol. The third-order valence-electron chi connectivity index (χ3n) is 3.39. The number of amides is 1. The Morgan fingerprint density at radius 3 is 2.26 bits per heavy atom. The Balaban J connectivity index is 4.29. The fraction of sp³-hybridized carbons (Fsp3) is 0.857. The van der Waals surface area contributed by atoms with Gasteiger partial charge in [-0.25, -0.2) is 0 Å². The SMILES string of the molecule is CC[C@@H](C)[C@H](N)C(=O)NC[C@H](CC(=O)O)CC(C)C. The van der Waals surface area contributed by atoms with E-state index in [-0.39, 0.29) is 24.2 Å². The molecule has 0 bridgehead atoms. The number of carbonyl (C=O) groups excluding carboxylic acids is 1. The Bertz CT molecular complexity index is 292. The second kappa shape index (κ2) is 8.91. The number of aliphatic carboxylic acids is 1. The van der Waals surface area contributed by atoms with Gasteiger partial charge >= 0.3 is 5.97 Å². The molecule has 0 spiro atoms. The van der Waals surface area contributed by atoms with Gasteiger partial charge in [-0.1, -0.05) is 34.1 Å². The minimum Gasteiger partial charge on any atom is -0.481 e. The molecule has 0 saturated carbocycles. The highest BCUT2D eigenvalue weighted by atomic mass is 16.4. The van der Waals surface area contributed by atoms with Crippen molar-refractivity contribution in [2.24, 2.45) is 23.5 Å². The summed E-state index contributed by atoms with van der Waals surface area (Å²) in [5.74, 6) is -0.516. The summed E-state index contributed by atoms with van der Waals surface area (Å²) < 4.78 is 0. The number of nitrogens with two attached hydrogens (primary N) is 1. The molecule has 1 amide bonds. The Morgan fingerprint density at radius 1 is 1.26 bits per heavy atom. The number of nitrogens with one attached hydrogen (secondary N) is 1. The van der Waals surface area contributed by atoms with Gasteiger partial charge in [0.2, 0.25) is 5.91 Å². The van der Waals surface area contributed by atoms with Crippen LogP contribution in [0.1, 0.15) is 47.0 Å². The molecule has 112 valence electrons. The van der Waals surface area contributed by atoms with Gasteiger partial charge in [-0.2, -0.15) is 0 Å². The molecule has 0 saturated heterocycles. The van der Waals surface area contributed by atoms with Gasteiger partial charge in [-0.3, -0.25) is 9.59 Å². The van der Waals surface area contributed by atoms with Crippen molar-refractivity contribution in [3.63, 3.8) is 0 Å². The van der Waals surface area contributed by atoms with Crippen LogP contribution in [0.5, 0.6) is 0 Å². The average Bonchev–Trinajstić information content (AvgIpc) is 2.32. The number of hydrogen-bond acceptors (Lipinski definition) is 3. The third kappa shape index (κ3) is 7.82. The van der Waals surface area contributed by atoms with E-state index in [0.29, 0.717) is 12.5 Å². The van der Waals surface area contributed by atoms with E-state index < -0.39 is 12.0 Å². The van der Waals surface area contributed by atoms with Gasteiger partial charge in [-0.05, 0) is 24.2 Å². The van der Waals surface area contributed by atoms with Crippen LogP contribution in [0.25, 0.3) is 0 Å². The lowest BCUT2D eigenvalue weighted by Crippen LogP contribution is -2.46. The van der Waals surface area contributed by atoms with Crippen molar-refractivity contribution >= 4 is 11.9 Å². The van der Waals surface area contributed by atoms with Crippen LogP contribution >= 0.6 is 0 Å². The standard InChI is InChI=1S/C14H28N2O3/c1-5-10(4)13(15)14(19)16-8-11(6-9(2)3)7-12(17)18/h9-11,13H,5-8,15H2,1-4H3,(H,16,19)(H,17,18)/t10-,11+,13+/m1/s1. The molecule has 0 aromatic rings. The van der Waals surface area contributed by atoms with Crippen LogP contribution in [0.3, 0.4) is 0 Å². The summed E-state index contributed by atoms with van der Waals surface area (Å²) in [6.45, 7) is 8.40. The first-order valence-electron chi connectivity index (χ1n) is 7.02. The summed E-state index contributed by atoms with van der Waals surface area (Å²) >= 11 is 0. The first-order valence-corrected chi connectivity index (χ1v) is 7.02. The molecular formula is C14H28N2O3. The van der Waals surface area contributed by atoms with E-state index in [9.17, 15) is 9.59 Å². The quantitative estimate of drug-likeness (QED) is 0.594. The van der Waals surface area contributed by atoms with E-state index in [1.807, 2.05) is 27.7 Å². The van der Waals surface area contributed by atoms with Crippen LogP contribution in [0, 0.1) is 17.8 Å². The van der Waals surface area contributed by atoms with E-state index in [0.717, 1.165) is 12.8 Å². The van der Waals surface area contributed by atoms with Gasteiger partial charge in [0.1, 0.15) is 0 Å². The maximum Gasteiger partial charge on any atom is 0.303 e. The van der Waals surface area contributed by atoms with Crippen molar-refractivity contribution in [1.82, 2.24) is 5.32 Å². The molecule has 4 N–H and O–H groups in total. The van der Waals surface area contributed by atoms with Crippen molar-refractivity contribution in [3.8, 4) is 0 Å². The predicted octanol–water partition coefficient (Wildman–Crippen LogP) is 1.61. The van der Waals surface area contributed by atoms with Gasteiger partial charge in [0.25, 0.3) is 0 Å². The van der Waals surface area contributed by atoms with Crippen LogP contribution in [0.4, 0.5) is 0 Å². The molecule has 0 aliphatic heterocycles. The van der Waals surface area contributed by atoms with Gasteiger partial charge in [0.05, 0.1) is 6.04 Å². The van der Waals surface area contributed by atoms with Crippen molar-refractivity contribution in [3.05, 3.63) is 0 Å². The summed E-state index contributed by atoms with van der Waals surface area (Å²) in [7, 11) is 0. The van der Waals surface area contributed by atoms with Crippen LogP contribution in [0.2, 0.25) is 0 Å². The molecule has 5 heteroatoms. The molecule has 0 aliphatic carbocycles. The van der Waals surface area contributed by atoms with Crippen LogP contribution in [0.15, 0.2) is 0 Å². The highest BCUT2D eigenvalue weighted by Crippen LogP contribution is 2.15. The molecule has 3 atom stereocenters. The van der Waals surface area contributed by atoms with E-state index >= 15 is 0 Å². The van der Waals surface area contributed by atoms with E-state index in [4.69, 9.17) is 10.8 Å². The van der Waals surface area contributed by atoms with Gasteiger partial charge in [0.15, 0.2) is 0 Å². The largest absolute Gasteiger partial charge is 0.481 e. The number of rotatable bonds is 9. The second-order valence-electron chi connectivity index (χ2n) is 5.75. The summed E-state index contributed by atoms with van der Waals surface area (Å²) in [5, 5.41) is 11.6. The maximum absolute atomic E-state index is 11.8. The first-order chi connectivity index (χ1) is 8.77. The van der Waals surface area contributed by atoms with Gasteiger partial charge in [0, 0.05) is 13.0 Å². The molecule has 5 nitrogen and oxygen atoms in total. The Hall–Kier alpha value is -1.10. The zero-order valence-electron chi connectivity index (χ0n) is 12.5. The maximum atomic E-state index is 11.8. The Morgan fingerprint density at radius 2 is 1.84 bits per heavy atom. The summed E-state index contributed by atoms with van der Waals surface area (Å²) in [6.07, 6.45) is 1.71. The zero-order chi connectivity index (χ0) is 15.0. The topological polar surface area (TPSA) is 92.4 Å². The lowest BCUT2D eigenvalue weighted by molar-refractivity contribution is -0.138.